The predicted molar refractivity (Wildman–Crippen MR) is 60.0 cm³/mol. The molecule has 14 heavy (non-hydrogen) atoms. The lowest BCUT2D eigenvalue weighted by Crippen LogP contribution is -2.01. The molecule has 1 aromatic carbocycles. The fraction of sp³-hybridized carbons (Fsp3) is 0.462. The molecular formula is C13H18O. The zero-order valence-electron chi connectivity index (χ0n) is 9.64. The summed E-state index contributed by atoms with van der Waals surface area (Å²) in [5.41, 5.74) is 4.44. The van der Waals surface area contributed by atoms with Gasteiger partial charge in [-0.15, -0.1) is 0 Å². The monoisotopic (exact) mass is 190 g/mol. The molecule has 1 heteroatoms. The van der Waals surface area contributed by atoms with Crippen molar-refractivity contribution in [1.82, 2.24) is 0 Å². The molecule has 0 fully saturated rings. The number of rotatable bonds is 2. The molecule has 0 N–H and O–H groups in total. The Labute approximate surface area is 86.1 Å². The average Bonchev–Trinajstić information content (AvgIpc) is 2.08. The van der Waals surface area contributed by atoms with Crippen LogP contribution >= 0.6 is 0 Å². The van der Waals surface area contributed by atoms with E-state index in [4.69, 9.17) is 0 Å². The van der Waals surface area contributed by atoms with Crippen LogP contribution in [0.5, 0.6) is 0 Å². The Morgan fingerprint density at radius 3 is 2.21 bits per heavy atom. The van der Waals surface area contributed by atoms with Crippen molar-refractivity contribution >= 4 is 5.78 Å². The Kier molecular flexibility index (Phi) is 3.10. The van der Waals surface area contributed by atoms with E-state index >= 15 is 0 Å². The number of ketones is 1. The summed E-state index contributed by atoms with van der Waals surface area (Å²) in [5, 5.41) is 0. The first kappa shape index (κ1) is 11.0. The lowest BCUT2D eigenvalue weighted by molar-refractivity contribution is 0.101. The van der Waals surface area contributed by atoms with E-state index in [2.05, 4.69) is 26.8 Å². The molecule has 0 bridgehead atoms. The molecule has 0 saturated heterocycles. The van der Waals surface area contributed by atoms with E-state index in [1.54, 1.807) is 6.92 Å². The van der Waals surface area contributed by atoms with Crippen molar-refractivity contribution in [3.8, 4) is 0 Å². The van der Waals surface area contributed by atoms with E-state index in [1.807, 2.05) is 13.0 Å². The molecule has 76 valence electrons. The van der Waals surface area contributed by atoms with Crippen molar-refractivity contribution in [2.24, 2.45) is 0 Å². The largest absolute Gasteiger partial charge is 0.295 e. The van der Waals surface area contributed by atoms with Crippen LogP contribution in [0.1, 0.15) is 53.7 Å². The van der Waals surface area contributed by atoms with Crippen LogP contribution in [0.3, 0.4) is 0 Å². The molecule has 1 rings (SSSR count). The maximum atomic E-state index is 11.4. The Bertz CT molecular complexity index is 362. The molecule has 0 heterocycles. The Balaban J connectivity index is 3.35. The van der Waals surface area contributed by atoms with Crippen LogP contribution in [0, 0.1) is 13.8 Å². The fourth-order valence-corrected chi connectivity index (χ4v) is 1.59. The minimum absolute atomic E-state index is 0.160. The van der Waals surface area contributed by atoms with E-state index in [-0.39, 0.29) is 5.78 Å². The van der Waals surface area contributed by atoms with Gasteiger partial charge < -0.3 is 0 Å². The number of hydrogen-bond donors (Lipinski definition) is 0. The van der Waals surface area contributed by atoms with Gasteiger partial charge in [-0.1, -0.05) is 19.9 Å². The van der Waals surface area contributed by atoms with Gasteiger partial charge in [-0.3, -0.25) is 4.79 Å². The highest BCUT2D eigenvalue weighted by molar-refractivity contribution is 5.96. The van der Waals surface area contributed by atoms with E-state index in [1.165, 1.54) is 11.1 Å². The van der Waals surface area contributed by atoms with Gasteiger partial charge in [0.1, 0.15) is 0 Å². The number of carbonyl (C=O) groups excluding carboxylic acids is 1. The van der Waals surface area contributed by atoms with E-state index < -0.39 is 0 Å². The Hall–Kier alpha value is -1.11. The highest BCUT2D eigenvalue weighted by Gasteiger charge is 2.09. The van der Waals surface area contributed by atoms with E-state index in [0.717, 1.165) is 11.1 Å². The van der Waals surface area contributed by atoms with Crippen LogP contribution in [0.25, 0.3) is 0 Å². The summed E-state index contributed by atoms with van der Waals surface area (Å²) in [5.74, 6) is 0.639. The standard InChI is InChI=1S/C13H18O/c1-8(2)12-6-9(3)10(4)13(7-12)11(5)14/h6-8H,1-5H3. The zero-order chi connectivity index (χ0) is 10.9. The number of carbonyl (C=O) groups is 1. The first-order valence-corrected chi connectivity index (χ1v) is 5.05. The lowest BCUT2D eigenvalue weighted by Gasteiger charge is -2.12. The van der Waals surface area contributed by atoms with Gasteiger partial charge in [0.2, 0.25) is 0 Å². The van der Waals surface area contributed by atoms with Gasteiger partial charge in [0.15, 0.2) is 5.78 Å². The second kappa shape index (κ2) is 3.95. The molecular weight excluding hydrogens is 172 g/mol. The van der Waals surface area contributed by atoms with Gasteiger partial charge in [-0.05, 0) is 49.4 Å². The van der Waals surface area contributed by atoms with Crippen molar-refractivity contribution < 1.29 is 4.79 Å². The van der Waals surface area contributed by atoms with Crippen LogP contribution in [0.4, 0.5) is 0 Å². The molecule has 0 aromatic heterocycles. The molecule has 0 aliphatic rings. The van der Waals surface area contributed by atoms with Gasteiger partial charge in [0.25, 0.3) is 0 Å². The van der Waals surface area contributed by atoms with Gasteiger partial charge in [-0.2, -0.15) is 0 Å². The first-order chi connectivity index (χ1) is 6.43. The summed E-state index contributed by atoms with van der Waals surface area (Å²) in [6, 6.07) is 4.20. The highest BCUT2D eigenvalue weighted by Crippen LogP contribution is 2.22. The summed E-state index contributed by atoms with van der Waals surface area (Å²) in [7, 11) is 0. The number of aryl methyl sites for hydroxylation is 1. The smallest absolute Gasteiger partial charge is 0.160 e. The summed E-state index contributed by atoms with van der Waals surface area (Å²) >= 11 is 0. The summed E-state index contributed by atoms with van der Waals surface area (Å²) < 4.78 is 0. The number of Topliss-reactive ketones (excluding diaryl/α,β-unsaturated/α-hetero) is 1. The molecule has 0 saturated carbocycles. The molecule has 1 aromatic rings. The van der Waals surface area contributed by atoms with Gasteiger partial charge in [-0.25, -0.2) is 0 Å². The normalized spacial score (nSPS) is 10.7. The van der Waals surface area contributed by atoms with Crippen LogP contribution in [0.2, 0.25) is 0 Å². The van der Waals surface area contributed by atoms with Gasteiger partial charge in [0, 0.05) is 5.56 Å². The molecule has 1 nitrogen and oxygen atoms in total. The summed E-state index contributed by atoms with van der Waals surface area (Å²) in [6.07, 6.45) is 0. The van der Waals surface area contributed by atoms with Crippen LogP contribution < -0.4 is 0 Å². The van der Waals surface area contributed by atoms with Crippen LogP contribution in [-0.2, 0) is 0 Å². The van der Waals surface area contributed by atoms with Crippen molar-refractivity contribution in [1.29, 1.82) is 0 Å². The van der Waals surface area contributed by atoms with Crippen LogP contribution in [0.15, 0.2) is 12.1 Å². The average molecular weight is 190 g/mol. The summed E-state index contributed by atoms with van der Waals surface area (Å²) in [6.45, 7) is 10.00. The number of hydrogen-bond acceptors (Lipinski definition) is 1. The second-order valence-corrected chi connectivity index (χ2v) is 4.22. The van der Waals surface area contributed by atoms with E-state index in [0.29, 0.717) is 5.92 Å². The van der Waals surface area contributed by atoms with Crippen molar-refractivity contribution in [2.45, 2.75) is 40.5 Å². The third-order valence-corrected chi connectivity index (χ3v) is 2.74. The summed E-state index contributed by atoms with van der Waals surface area (Å²) in [4.78, 5) is 11.4. The molecule has 0 atom stereocenters. The molecule has 0 radical (unpaired) electrons. The molecule has 0 spiro atoms. The third kappa shape index (κ3) is 2.03. The van der Waals surface area contributed by atoms with Gasteiger partial charge >= 0.3 is 0 Å². The minimum Gasteiger partial charge on any atom is -0.295 e. The number of benzene rings is 1. The predicted octanol–water partition coefficient (Wildman–Crippen LogP) is 3.63. The van der Waals surface area contributed by atoms with Gasteiger partial charge in [0.05, 0.1) is 0 Å². The zero-order valence-corrected chi connectivity index (χ0v) is 9.64. The fourth-order valence-electron chi connectivity index (χ4n) is 1.59. The minimum atomic E-state index is 0.160. The van der Waals surface area contributed by atoms with Crippen molar-refractivity contribution in [3.63, 3.8) is 0 Å². The topological polar surface area (TPSA) is 17.1 Å². The lowest BCUT2D eigenvalue weighted by atomic mass is 9.93. The molecule has 0 unspecified atom stereocenters. The van der Waals surface area contributed by atoms with E-state index in [9.17, 15) is 4.79 Å². The molecule has 0 amide bonds. The highest BCUT2D eigenvalue weighted by atomic mass is 16.1. The maximum absolute atomic E-state index is 11.4. The second-order valence-electron chi connectivity index (χ2n) is 4.22. The Morgan fingerprint density at radius 2 is 1.79 bits per heavy atom. The SMILES string of the molecule is CC(=O)c1cc(C(C)C)cc(C)c1C. The van der Waals surface area contributed by atoms with Crippen molar-refractivity contribution in [2.75, 3.05) is 0 Å². The van der Waals surface area contributed by atoms with Crippen molar-refractivity contribution in [3.05, 3.63) is 34.4 Å². The van der Waals surface area contributed by atoms with Crippen LogP contribution in [-0.4, -0.2) is 5.78 Å². The first-order valence-electron chi connectivity index (χ1n) is 5.05. The molecule has 0 aliphatic heterocycles. The third-order valence-electron chi connectivity index (χ3n) is 2.74. The Morgan fingerprint density at radius 1 is 1.21 bits per heavy atom. The maximum Gasteiger partial charge on any atom is 0.160 e. The molecule has 0 aliphatic carbocycles. The quantitative estimate of drug-likeness (QED) is 0.651.